The third-order valence-corrected chi connectivity index (χ3v) is 9.92. The van der Waals surface area contributed by atoms with Crippen molar-refractivity contribution in [1.82, 2.24) is 4.98 Å². The predicted molar refractivity (Wildman–Crippen MR) is 190 cm³/mol. The van der Waals surface area contributed by atoms with Gasteiger partial charge in [-0.25, -0.2) is 92.8 Å². The Hall–Kier alpha value is -7.14. The Morgan fingerprint density at radius 2 is 0.758 bits per heavy atom. The van der Waals surface area contributed by atoms with Crippen molar-refractivity contribution in [2.24, 2.45) is 0 Å². The Balaban J connectivity index is 0.000000284. The van der Waals surface area contributed by atoms with Gasteiger partial charge in [-0.3, -0.25) is 0 Å². The van der Waals surface area contributed by atoms with E-state index in [0.717, 1.165) is 18.2 Å². The summed E-state index contributed by atoms with van der Waals surface area (Å²) in [6, 6.07) is 18.3. The van der Waals surface area contributed by atoms with E-state index in [1.807, 2.05) is 60.2 Å². The molecule has 0 saturated heterocycles. The molecule has 3 nitrogen and oxygen atoms in total. The number of benzene rings is 6. The molecule has 0 saturated carbocycles. The lowest BCUT2D eigenvalue weighted by atomic mass is 9.12. The second kappa shape index (κ2) is 18.4. The van der Waals surface area contributed by atoms with Crippen molar-refractivity contribution in [3.63, 3.8) is 0 Å². The quantitative estimate of drug-likeness (QED) is 0.0500. The van der Waals surface area contributed by atoms with Gasteiger partial charge < -0.3 is 4.74 Å². The number of hydrogen-bond acceptors (Lipinski definition) is 2. The lowest BCUT2D eigenvalue weighted by molar-refractivity contribution is -0.692. The molecule has 66 heavy (non-hydrogen) atoms. The highest BCUT2D eigenvalue weighted by Gasteiger charge is 2.52. The molecule has 0 radical (unpaired) electrons. The second-order valence-electron chi connectivity index (χ2n) is 13.7. The van der Waals surface area contributed by atoms with E-state index in [2.05, 4.69) is 17.1 Å². The Kier molecular flexibility index (Phi) is 13.5. The number of halogens is 20. The Morgan fingerprint density at radius 3 is 1.09 bits per heavy atom. The number of aryl methyl sites for hydroxylation is 1. The Morgan fingerprint density at radius 1 is 0.424 bits per heavy atom. The van der Waals surface area contributed by atoms with Gasteiger partial charge in [0.1, 0.15) is 64.6 Å². The SMILES string of the molecule is Cc1cccc(Oc2cncc[n+]2Cc2ccccc2)c1.Fc1c(F)c(F)c([B-](c2c(F)c(F)c(F)c(F)c2F)(c2c(F)c(F)c(F)c(F)c2F)c2c(F)c(F)c(F)c(F)c2F)c(F)c1F. The molecular weight excluding hydrogens is 939 g/mol. The van der Waals surface area contributed by atoms with Crippen molar-refractivity contribution >= 4 is 28.0 Å². The first kappa shape index (κ1) is 48.3. The van der Waals surface area contributed by atoms with Crippen molar-refractivity contribution in [2.75, 3.05) is 0 Å². The van der Waals surface area contributed by atoms with Crippen molar-refractivity contribution < 1.29 is 97.1 Å². The third kappa shape index (κ3) is 7.90. The molecule has 1 heterocycles. The maximum Gasteiger partial charge on any atom is 0.392 e. The van der Waals surface area contributed by atoms with Gasteiger partial charge in [-0.2, -0.15) is 4.57 Å². The summed E-state index contributed by atoms with van der Waals surface area (Å²) in [6.45, 7) is 2.80. The number of nitrogens with zero attached hydrogens (tertiary/aromatic N) is 2. The van der Waals surface area contributed by atoms with Crippen molar-refractivity contribution in [1.29, 1.82) is 0 Å². The lowest BCUT2D eigenvalue weighted by Gasteiger charge is -2.44. The van der Waals surface area contributed by atoms with Crippen molar-refractivity contribution in [2.45, 2.75) is 13.5 Å². The molecule has 0 spiro atoms. The summed E-state index contributed by atoms with van der Waals surface area (Å²) in [5.74, 6) is -69.9. The molecule has 0 bridgehead atoms. The fourth-order valence-electron chi connectivity index (χ4n) is 7.04. The smallest absolute Gasteiger partial charge is 0.392 e. The van der Waals surface area contributed by atoms with Crippen molar-refractivity contribution in [3.05, 3.63) is 201 Å². The Labute approximate surface area is 355 Å². The predicted octanol–water partition coefficient (Wildman–Crippen LogP) is 9.36. The molecule has 0 aliphatic carbocycles. The van der Waals surface area contributed by atoms with Crippen LogP contribution < -0.4 is 31.2 Å². The first-order valence-electron chi connectivity index (χ1n) is 17.9. The summed E-state index contributed by atoms with van der Waals surface area (Å²) >= 11 is 0. The standard InChI is InChI=1S/C24BF20.C18H17N2O/c26-5-1(6(27)14(35)21(42)13(5)34)25(2-7(28)15(36)22(43)16(37)8(2)29,3-9(30)17(38)23(44)18(39)10(3)31)4-11(32)19(40)24(45)20(41)12(4)33;1-15-6-5-9-17(12-15)21-18-13-19-10-11-20(18)14-16-7-3-2-4-8-16/h;2-13H,14H2,1H3/q-1;+1. The molecule has 24 heteroatoms. The molecule has 0 aliphatic heterocycles. The zero-order valence-corrected chi connectivity index (χ0v) is 32.1. The maximum absolute atomic E-state index is 15.4. The molecule has 0 fully saturated rings. The first-order chi connectivity index (χ1) is 31.0. The highest BCUT2D eigenvalue weighted by molar-refractivity contribution is 7.20. The summed E-state index contributed by atoms with van der Waals surface area (Å²) in [4.78, 5) is 4.16. The molecule has 7 rings (SSSR count). The minimum atomic E-state index is -7.22. The van der Waals surface area contributed by atoms with E-state index >= 15 is 35.1 Å². The summed E-state index contributed by atoms with van der Waals surface area (Å²) < 4.78 is 302. The zero-order chi connectivity index (χ0) is 48.8. The minimum absolute atomic E-state index is 0.729. The lowest BCUT2D eigenvalue weighted by Crippen LogP contribution is -2.81. The molecule has 1 aromatic heterocycles. The van der Waals surface area contributed by atoms with Gasteiger partial charge >= 0.3 is 5.88 Å². The first-order valence-corrected chi connectivity index (χ1v) is 17.9. The normalized spacial score (nSPS) is 11.5. The van der Waals surface area contributed by atoms with E-state index in [1.165, 1.54) is 11.1 Å². The van der Waals surface area contributed by atoms with Crippen LogP contribution in [0.2, 0.25) is 0 Å². The van der Waals surface area contributed by atoms with Gasteiger partial charge in [0.15, 0.2) is 82.5 Å². The van der Waals surface area contributed by atoms with Gasteiger partial charge in [-0.15, -0.1) is 21.9 Å². The van der Waals surface area contributed by atoms with Gasteiger partial charge in [-0.1, -0.05) is 42.5 Å². The van der Waals surface area contributed by atoms with Gasteiger partial charge in [0, 0.05) is 5.56 Å². The zero-order valence-electron chi connectivity index (χ0n) is 32.1. The molecule has 0 atom stereocenters. The number of hydrogen-bond donors (Lipinski definition) is 0. The van der Waals surface area contributed by atoms with E-state index in [4.69, 9.17) is 4.74 Å². The third-order valence-electron chi connectivity index (χ3n) is 9.92. The van der Waals surface area contributed by atoms with Crippen LogP contribution in [-0.2, 0) is 6.54 Å². The maximum atomic E-state index is 15.4. The molecule has 344 valence electrons. The van der Waals surface area contributed by atoms with Crippen LogP contribution in [0.1, 0.15) is 11.1 Å². The van der Waals surface area contributed by atoms with E-state index < -0.39 is 144 Å². The molecule has 7 aromatic rings. The largest absolute Gasteiger partial charge is 0.404 e. The second-order valence-corrected chi connectivity index (χ2v) is 13.7. The number of aromatic nitrogens is 2. The fraction of sp³-hybridized carbons (Fsp3) is 0.0476. The molecule has 0 amide bonds. The molecule has 0 aliphatic rings. The minimum Gasteiger partial charge on any atom is -0.404 e. The van der Waals surface area contributed by atoms with E-state index in [0.29, 0.717) is 0 Å². The summed E-state index contributed by atoms with van der Waals surface area (Å²) in [7, 11) is 0. The fourth-order valence-corrected chi connectivity index (χ4v) is 7.04. The Bertz CT molecular complexity index is 2680. The topological polar surface area (TPSA) is 26.0 Å². The van der Waals surface area contributed by atoms with Crippen LogP contribution in [0, 0.1) is 123 Å². The summed E-state index contributed by atoms with van der Waals surface area (Å²) in [5, 5.41) is 0. The van der Waals surface area contributed by atoms with Crippen LogP contribution in [0.5, 0.6) is 11.6 Å². The number of ether oxygens (including phenoxy) is 1. The van der Waals surface area contributed by atoms with Gasteiger partial charge in [0.2, 0.25) is 0 Å². The van der Waals surface area contributed by atoms with E-state index in [1.54, 1.807) is 12.4 Å². The van der Waals surface area contributed by atoms with E-state index in [-0.39, 0.29) is 0 Å². The van der Waals surface area contributed by atoms with Gasteiger partial charge in [-0.05, 0) is 24.6 Å². The molecule has 0 unspecified atom stereocenters. The van der Waals surface area contributed by atoms with Crippen LogP contribution in [0.4, 0.5) is 87.8 Å². The van der Waals surface area contributed by atoms with Crippen LogP contribution in [0.3, 0.4) is 0 Å². The highest BCUT2D eigenvalue weighted by Crippen LogP contribution is 2.31. The van der Waals surface area contributed by atoms with Crippen LogP contribution in [0.25, 0.3) is 0 Å². The summed E-state index contributed by atoms with van der Waals surface area (Å²) in [5.41, 5.74) is -11.9. The van der Waals surface area contributed by atoms with Crippen LogP contribution in [-0.4, -0.2) is 11.1 Å². The van der Waals surface area contributed by atoms with Gasteiger partial charge in [0.05, 0.1) is 6.20 Å². The summed E-state index contributed by atoms with van der Waals surface area (Å²) in [6.07, 6.45) is -1.78. The molecule has 0 N–H and O–H groups in total. The monoisotopic (exact) mass is 956 g/mol. The van der Waals surface area contributed by atoms with Gasteiger partial charge in [0.25, 0.3) is 0 Å². The van der Waals surface area contributed by atoms with Crippen molar-refractivity contribution in [3.8, 4) is 11.6 Å². The van der Waals surface area contributed by atoms with Crippen LogP contribution in [0.15, 0.2) is 73.2 Å². The average Bonchev–Trinajstić information content (AvgIpc) is 3.30. The number of rotatable bonds is 8. The molecular formula is C42H17BF20N2O. The molecule has 6 aromatic carbocycles. The average molecular weight is 956 g/mol. The highest BCUT2D eigenvalue weighted by atomic mass is 19.2. The van der Waals surface area contributed by atoms with E-state index in [9.17, 15) is 52.7 Å². The van der Waals surface area contributed by atoms with Crippen LogP contribution >= 0.6 is 0 Å².